The zero-order valence-corrected chi connectivity index (χ0v) is 11.9. The summed E-state index contributed by atoms with van der Waals surface area (Å²) in [5, 5.41) is 7.09. The summed E-state index contributed by atoms with van der Waals surface area (Å²) in [5.74, 6) is 0.776. The highest BCUT2D eigenvalue weighted by atomic mass is 16.2. The highest BCUT2D eigenvalue weighted by Gasteiger charge is 2.23. The van der Waals surface area contributed by atoms with E-state index in [9.17, 15) is 4.79 Å². The van der Waals surface area contributed by atoms with Gasteiger partial charge in [0.05, 0.1) is 6.20 Å². The fourth-order valence-corrected chi connectivity index (χ4v) is 2.61. The Bertz CT molecular complexity index is 611. The van der Waals surface area contributed by atoms with Crippen LogP contribution in [0.3, 0.4) is 0 Å². The van der Waals surface area contributed by atoms with Gasteiger partial charge in [-0.15, -0.1) is 0 Å². The van der Waals surface area contributed by atoms with Crippen molar-refractivity contribution in [3.8, 4) is 0 Å². The first kappa shape index (κ1) is 13.5. The predicted molar refractivity (Wildman–Crippen MR) is 77.9 cm³/mol. The Labute approximate surface area is 123 Å². The second-order valence-corrected chi connectivity index (χ2v) is 5.16. The SMILES string of the molecule is Cn1nccc1C(=O)NC1CCCN(c2cnccn2)C1. The lowest BCUT2D eigenvalue weighted by Crippen LogP contribution is -2.48. The number of aryl methyl sites for hydroxylation is 1. The molecule has 7 nitrogen and oxygen atoms in total. The molecule has 0 spiro atoms. The summed E-state index contributed by atoms with van der Waals surface area (Å²) < 4.78 is 1.58. The Morgan fingerprint density at radius 2 is 2.29 bits per heavy atom. The highest BCUT2D eigenvalue weighted by molar-refractivity contribution is 5.92. The van der Waals surface area contributed by atoms with Gasteiger partial charge in [0.2, 0.25) is 0 Å². The molecule has 1 atom stereocenters. The lowest BCUT2D eigenvalue weighted by molar-refractivity contribution is 0.0923. The van der Waals surface area contributed by atoms with Crippen molar-refractivity contribution in [2.75, 3.05) is 18.0 Å². The molecule has 1 N–H and O–H groups in total. The number of carbonyl (C=O) groups is 1. The maximum absolute atomic E-state index is 12.2. The largest absolute Gasteiger partial charge is 0.353 e. The fraction of sp³-hybridized carbons (Fsp3) is 0.429. The summed E-state index contributed by atoms with van der Waals surface area (Å²) in [4.78, 5) is 22.8. The van der Waals surface area contributed by atoms with Gasteiger partial charge in [-0.2, -0.15) is 5.10 Å². The molecule has 21 heavy (non-hydrogen) atoms. The minimum absolute atomic E-state index is 0.0824. The number of rotatable bonds is 3. The molecule has 1 amide bonds. The van der Waals surface area contributed by atoms with Gasteiger partial charge in [0, 0.05) is 44.8 Å². The molecular formula is C14H18N6O. The quantitative estimate of drug-likeness (QED) is 0.894. The van der Waals surface area contributed by atoms with Crippen molar-refractivity contribution in [2.24, 2.45) is 7.05 Å². The molecule has 2 aromatic heterocycles. The van der Waals surface area contributed by atoms with Crippen LogP contribution in [0.2, 0.25) is 0 Å². The Morgan fingerprint density at radius 1 is 1.38 bits per heavy atom. The first-order chi connectivity index (χ1) is 10.2. The second kappa shape index (κ2) is 5.90. The number of hydrogen-bond acceptors (Lipinski definition) is 5. The van der Waals surface area contributed by atoms with E-state index in [2.05, 4.69) is 25.3 Å². The van der Waals surface area contributed by atoms with Crippen molar-refractivity contribution in [3.05, 3.63) is 36.5 Å². The molecule has 7 heteroatoms. The molecular weight excluding hydrogens is 268 g/mol. The highest BCUT2D eigenvalue weighted by Crippen LogP contribution is 2.16. The van der Waals surface area contributed by atoms with Gasteiger partial charge < -0.3 is 10.2 Å². The molecule has 0 bridgehead atoms. The lowest BCUT2D eigenvalue weighted by Gasteiger charge is -2.33. The van der Waals surface area contributed by atoms with E-state index in [4.69, 9.17) is 0 Å². The van der Waals surface area contributed by atoms with Crippen LogP contribution in [0.4, 0.5) is 5.82 Å². The summed E-state index contributed by atoms with van der Waals surface area (Å²) in [5.41, 5.74) is 0.576. The number of amides is 1. The normalized spacial score (nSPS) is 18.5. The molecule has 0 saturated carbocycles. The van der Waals surface area contributed by atoms with E-state index in [1.165, 1.54) is 0 Å². The molecule has 1 aliphatic heterocycles. The van der Waals surface area contributed by atoms with Gasteiger partial charge in [-0.05, 0) is 18.9 Å². The van der Waals surface area contributed by atoms with Gasteiger partial charge in [0.25, 0.3) is 5.91 Å². The third kappa shape index (κ3) is 3.01. The predicted octanol–water partition coefficient (Wildman–Crippen LogP) is 0.609. The van der Waals surface area contributed by atoms with Crippen LogP contribution in [0, 0.1) is 0 Å². The third-order valence-electron chi connectivity index (χ3n) is 3.68. The van der Waals surface area contributed by atoms with E-state index in [1.807, 2.05) is 0 Å². The van der Waals surface area contributed by atoms with Crippen LogP contribution in [0.5, 0.6) is 0 Å². The molecule has 1 unspecified atom stereocenters. The number of nitrogens with one attached hydrogen (secondary N) is 1. The standard InChI is InChI=1S/C14H18N6O/c1-19-12(4-5-17-19)14(21)18-11-3-2-8-20(10-11)13-9-15-6-7-16-13/h4-7,9,11H,2-3,8,10H2,1H3,(H,18,21). The zero-order valence-electron chi connectivity index (χ0n) is 11.9. The minimum atomic E-state index is -0.0824. The van der Waals surface area contributed by atoms with Crippen molar-refractivity contribution in [2.45, 2.75) is 18.9 Å². The van der Waals surface area contributed by atoms with Crippen molar-refractivity contribution < 1.29 is 4.79 Å². The monoisotopic (exact) mass is 286 g/mol. The number of piperidine rings is 1. The molecule has 0 aromatic carbocycles. The zero-order chi connectivity index (χ0) is 14.7. The van der Waals surface area contributed by atoms with E-state index >= 15 is 0 Å². The van der Waals surface area contributed by atoms with Gasteiger partial charge in [0.15, 0.2) is 0 Å². The smallest absolute Gasteiger partial charge is 0.269 e. The van der Waals surface area contributed by atoms with Gasteiger partial charge in [0.1, 0.15) is 11.5 Å². The van der Waals surface area contributed by atoms with Crippen LogP contribution in [0.1, 0.15) is 23.3 Å². The minimum Gasteiger partial charge on any atom is -0.353 e. The molecule has 3 heterocycles. The number of aromatic nitrogens is 4. The Hall–Kier alpha value is -2.44. The summed E-state index contributed by atoms with van der Waals surface area (Å²) in [6.07, 6.45) is 8.72. The summed E-state index contributed by atoms with van der Waals surface area (Å²) in [7, 11) is 1.77. The van der Waals surface area contributed by atoms with Crippen LogP contribution in [-0.2, 0) is 7.05 Å². The third-order valence-corrected chi connectivity index (χ3v) is 3.68. The van der Waals surface area contributed by atoms with E-state index in [-0.39, 0.29) is 11.9 Å². The molecule has 2 aromatic rings. The van der Waals surface area contributed by atoms with Gasteiger partial charge in [-0.1, -0.05) is 0 Å². The lowest BCUT2D eigenvalue weighted by atomic mass is 10.1. The Morgan fingerprint density at radius 3 is 3.00 bits per heavy atom. The number of carbonyl (C=O) groups excluding carboxylic acids is 1. The fourth-order valence-electron chi connectivity index (χ4n) is 2.61. The van der Waals surface area contributed by atoms with E-state index in [0.29, 0.717) is 5.69 Å². The van der Waals surface area contributed by atoms with Crippen molar-refractivity contribution in [1.82, 2.24) is 25.1 Å². The molecule has 110 valence electrons. The van der Waals surface area contributed by atoms with Crippen LogP contribution in [0.25, 0.3) is 0 Å². The summed E-state index contributed by atoms with van der Waals surface area (Å²) in [6, 6.07) is 1.83. The summed E-state index contributed by atoms with van der Waals surface area (Å²) >= 11 is 0. The molecule has 1 aliphatic rings. The van der Waals surface area contributed by atoms with Crippen LogP contribution in [-0.4, -0.2) is 44.8 Å². The van der Waals surface area contributed by atoms with Crippen molar-refractivity contribution in [3.63, 3.8) is 0 Å². The molecule has 1 saturated heterocycles. The van der Waals surface area contributed by atoms with Gasteiger partial charge >= 0.3 is 0 Å². The van der Waals surface area contributed by atoms with Gasteiger partial charge in [-0.25, -0.2) is 4.98 Å². The second-order valence-electron chi connectivity index (χ2n) is 5.16. The van der Waals surface area contributed by atoms with E-state index < -0.39 is 0 Å². The number of nitrogens with zero attached hydrogens (tertiary/aromatic N) is 5. The Kier molecular flexibility index (Phi) is 3.81. The van der Waals surface area contributed by atoms with Crippen molar-refractivity contribution in [1.29, 1.82) is 0 Å². The molecule has 3 rings (SSSR count). The van der Waals surface area contributed by atoms with E-state index in [1.54, 1.807) is 42.6 Å². The number of anilines is 1. The Balaban J connectivity index is 1.64. The maximum Gasteiger partial charge on any atom is 0.269 e. The maximum atomic E-state index is 12.2. The topological polar surface area (TPSA) is 75.9 Å². The molecule has 0 radical (unpaired) electrons. The molecule has 1 fully saturated rings. The first-order valence-corrected chi connectivity index (χ1v) is 7.04. The van der Waals surface area contributed by atoms with E-state index in [0.717, 1.165) is 31.7 Å². The number of hydrogen-bond donors (Lipinski definition) is 1. The van der Waals surface area contributed by atoms with Crippen molar-refractivity contribution >= 4 is 11.7 Å². The van der Waals surface area contributed by atoms with Crippen LogP contribution < -0.4 is 10.2 Å². The average Bonchev–Trinajstić information content (AvgIpc) is 2.95. The summed E-state index contributed by atoms with van der Waals surface area (Å²) in [6.45, 7) is 1.69. The molecule has 0 aliphatic carbocycles. The first-order valence-electron chi connectivity index (χ1n) is 7.04. The average molecular weight is 286 g/mol. The van der Waals surface area contributed by atoms with Gasteiger partial charge in [-0.3, -0.25) is 14.5 Å². The van der Waals surface area contributed by atoms with Crippen LogP contribution in [0.15, 0.2) is 30.9 Å². The van der Waals surface area contributed by atoms with Crippen LogP contribution >= 0.6 is 0 Å².